The lowest BCUT2D eigenvalue weighted by Gasteiger charge is -2.08. The van der Waals surface area contributed by atoms with Crippen molar-refractivity contribution in [3.63, 3.8) is 0 Å². The van der Waals surface area contributed by atoms with Crippen molar-refractivity contribution in [2.24, 2.45) is 0 Å². The summed E-state index contributed by atoms with van der Waals surface area (Å²) in [6.45, 7) is 0.903. The van der Waals surface area contributed by atoms with Gasteiger partial charge < -0.3 is 4.74 Å². The van der Waals surface area contributed by atoms with Crippen LogP contribution in [0, 0.1) is 0 Å². The molecule has 0 radical (unpaired) electrons. The normalized spacial score (nSPS) is 20.8. The van der Waals surface area contributed by atoms with Gasteiger partial charge in [-0.3, -0.25) is 0 Å². The largest absolute Gasteiger partial charge is 0.377 e. The Hall–Kier alpha value is 0.230. The molecule has 5 heteroatoms. The van der Waals surface area contributed by atoms with Gasteiger partial charge in [-0.25, -0.2) is 4.98 Å². The predicted molar refractivity (Wildman–Crippen MR) is 66.6 cm³/mol. The van der Waals surface area contributed by atoms with E-state index in [4.69, 9.17) is 16.3 Å². The molecule has 1 saturated heterocycles. The number of ether oxygens (including phenoxy) is 1. The first kappa shape index (κ1) is 11.7. The van der Waals surface area contributed by atoms with Gasteiger partial charge in [0.1, 0.15) is 5.03 Å². The number of hydrogen-bond donors (Lipinski definition) is 0. The first-order chi connectivity index (χ1) is 7.25. The summed E-state index contributed by atoms with van der Waals surface area (Å²) < 4.78 is 6.50. The average Bonchev–Trinajstić information content (AvgIpc) is 2.69. The minimum Gasteiger partial charge on any atom is -0.377 e. The van der Waals surface area contributed by atoms with Gasteiger partial charge in [-0.15, -0.1) is 11.8 Å². The van der Waals surface area contributed by atoms with E-state index in [1.807, 2.05) is 6.07 Å². The maximum absolute atomic E-state index is 5.82. The van der Waals surface area contributed by atoms with Crippen molar-refractivity contribution in [3.8, 4) is 0 Å². The molecule has 0 spiro atoms. The van der Waals surface area contributed by atoms with E-state index in [2.05, 4.69) is 20.9 Å². The lowest BCUT2D eigenvalue weighted by atomic mass is 10.3. The molecule has 0 bridgehead atoms. The van der Waals surface area contributed by atoms with E-state index in [0.717, 1.165) is 28.3 Å². The van der Waals surface area contributed by atoms with Crippen molar-refractivity contribution in [3.05, 3.63) is 21.8 Å². The van der Waals surface area contributed by atoms with E-state index in [1.165, 1.54) is 6.42 Å². The summed E-state index contributed by atoms with van der Waals surface area (Å²) >= 11 is 11.0. The Kier molecular flexibility index (Phi) is 4.31. The summed E-state index contributed by atoms with van der Waals surface area (Å²) in [5, 5.41) is 1.64. The fourth-order valence-electron chi connectivity index (χ4n) is 1.46. The number of pyridine rings is 1. The van der Waals surface area contributed by atoms with Gasteiger partial charge in [-0.05, 0) is 34.8 Å². The lowest BCUT2D eigenvalue weighted by molar-refractivity contribution is 0.129. The Morgan fingerprint density at radius 1 is 1.67 bits per heavy atom. The molecule has 1 atom stereocenters. The number of rotatable bonds is 3. The Morgan fingerprint density at radius 2 is 2.53 bits per heavy atom. The molecule has 2 heterocycles. The highest BCUT2D eigenvalue weighted by molar-refractivity contribution is 9.10. The fraction of sp³-hybridized carbons (Fsp3) is 0.500. The molecule has 2 nitrogen and oxygen atoms in total. The monoisotopic (exact) mass is 307 g/mol. The molecule has 1 aromatic rings. The molecule has 0 amide bonds. The van der Waals surface area contributed by atoms with E-state index in [0.29, 0.717) is 11.1 Å². The molecule has 0 aromatic carbocycles. The molecular formula is C10H11BrClNOS. The number of thioether (sulfide) groups is 1. The van der Waals surface area contributed by atoms with E-state index < -0.39 is 0 Å². The van der Waals surface area contributed by atoms with Crippen LogP contribution in [0.4, 0.5) is 0 Å². The third-order valence-electron chi connectivity index (χ3n) is 2.20. The minimum atomic E-state index is 0.388. The third kappa shape index (κ3) is 3.34. The van der Waals surface area contributed by atoms with Crippen molar-refractivity contribution in [2.45, 2.75) is 24.0 Å². The maximum Gasteiger partial charge on any atom is 0.110 e. The van der Waals surface area contributed by atoms with Crippen LogP contribution in [0.25, 0.3) is 0 Å². The average molecular weight is 309 g/mol. The van der Waals surface area contributed by atoms with Crippen molar-refractivity contribution in [1.82, 2.24) is 4.98 Å². The Labute approximate surface area is 107 Å². The maximum atomic E-state index is 5.82. The Morgan fingerprint density at radius 3 is 3.20 bits per heavy atom. The van der Waals surface area contributed by atoms with E-state index in [1.54, 1.807) is 18.0 Å². The molecule has 1 aliphatic heterocycles. The highest BCUT2D eigenvalue weighted by Crippen LogP contribution is 2.29. The molecule has 1 fully saturated rings. The summed E-state index contributed by atoms with van der Waals surface area (Å²) in [6.07, 6.45) is 4.40. The standard InChI is InChI=1S/C10H11BrClNOS/c11-9-4-7(12)5-13-10(9)15-6-8-2-1-3-14-8/h4-5,8H,1-3,6H2. The molecule has 1 aromatic heterocycles. The number of hydrogen-bond acceptors (Lipinski definition) is 3. The van der Waals surface area contributed by atoms with Crippen LogP contribution in [0.2, 0.25) is 5.02 Å². The molecule has 15 heavy (non-hydrogen) atoms. The Balaban J connectivity index is 1.92. The second-order valence-corrected chi connectivity index (χ2v) is 5.69. The molecule has 1 aliphatic rings. The minimum absolute atomic E-state index is 0.388. The van der Waals surface area contributed by atoms with Crippen LogP contribution in [0.5, 0.6) is 0 Å². The van der Waals surface area contributed by atoms with Crippen LogP contribution in [-0.4, -0.2) is 23.4 Å². The van der Waals surface area contributed by atoms with Crippen molar-refractivity contribution in [1.29, 1.82) is 0 Å². The van der Waals surface area contributed by atoms with Crippen LogP contribution < -0.4 is 0 Å². The lowest BCUT2D eigenvalue weighted by Crippen LogP contribution is -2.07. The summed E-state index contributed by atoms with van der Waals surface area (Å²) in [6, 6.07) is 1.87. The highest BCUT2D eigenvalue weighted by atomic mass is 79.9. The van der Waals surface area contributed by atoms with Gasteiger partial charge in [0, 0.05) is 18.6 Å². The van der Waals surface area contributed by atoms with Crippen LogP contribution in [0.1, 0.15) is 12.8 Å². The van der Waals surface area contributed by atoms with Gasteiger partial charge >= 0.3 is 0 Å². The molecule has 0 aliphatic carbocycles. The number of nitrogens with zero attached hydrogens (tertiary/aromatic N) is 1. The van der Waals surface area contributed by atoms with E-state index >= 15 is 0 Å². The van der Waals surface area contributed by atoms with Crippen molar-refractivity contribution < 1.29 is 4.74 Å². The third-order valence-corrected chi connectivity index (χ3v) is 4.41. The van der Waals surface area contributed by atoms with Crippen LogP contribution in [0.3, 0.4) is 0 Å². The number of halogens is 2. The summed E-state index contributed by atoms with van der Waals surface area (Å²) in [4.78, 5) is 4.27. The smallest absolute Gasteiger partial charge is 0.110 e. The Bertz CT molecular complexity index is 344. The fourth-order valence-corrected chi connectivity index (χ4v) is 3.37. The van der Waals surface area contributed by atoms with Crippen molar-refractivity contribution in [2.75, 3.05) is 12.4 Å². The zero-order valence-electron chi connectivity index (χ0n) is 8.08. The van der Waals surface area contributed by atoms with Crippen LogP contribution >= 0.6 is 39.3 Å². The summed E-state index contributed by atoms with van der Waals surface area (Å²) in [5.41, 5.74) is 0. The SMILES string of the molecule is Clc1cnc(SCC2CCCO2)c(Br)c1. The highest BCUT2D eigenvalue weighted by Gasteiger charge is 2.16. The van der Waals surface area contributed by atoms with Gasteiger partial charge in [-0.1, -0.05) is 11.6 Å². The molecule has 82 valence electrons. The van der Waals surface area contributed by atoms with Gasteiger partial charge in [0.25, 0.3) is 0 Å². The molecule has 0 saturated carbocycles. The van der Waals surface area contributed by atoms with Crippen LogP contribution in [0.15, 0.2) is 21.8 Å². The van der Waals surface area contributed by atoms with Crippen molar-refractivity contribution >= 4 is 39.3 Å². The molecule has 1 unspecified atom stereocenters. The van der Waals surface area contributed by atoms with E-state index in [-0.39, 0.29) is 0 Å². The second kappa shape index (κ2) is 5.53. The first-order valence-electron chi connectivity index (χ1n) is 4.81. The summed E-state index contributed by atoms with van der Waals surface area (Å²) in [5.74, 6) is 0.966. The van der Waals surface area contributed by atoms with Gasteiger partial charge in [0.2, 0.25) is 0 Å². The topological polar surface area (TPSA) is 22.1 Å². The first-order valence-corrected chi connectivity index (χ1v) is 6.97. The van der Waals surface area contributed by atoms with Gasteiger partial charge in [0.05, 0.1) is 15.6 Å². The zero-order valence-corrected chi connectivity index (χ0v) is 11.2. The zero-order chi connectivity index (χ0) is 10.7. The van der Waals surface area contributed by atoms with Gasteiger partial charge in [-0.2, -0.15) is 0 Å². The predicted octanol–water partition coefficient (Wildman–Crippen LogP) is 3.77. The van der Waals surface area contributed by atoms with Gasteiger partial charge in [0.15, 0.2) is 0 Å². The molecular weight excluding hydrogens is 298 g/mol. The van der Waals surface area contributed by atoms with E-state index in [9.17, 15) is 0 Å². The number of aromatic nitrogens is 1. The van der Waals surface area contributed by atoms with Crippen LogP contribution in [-0.2, 0) is 4.74 Å². The quantitative estimate of drug-likeness (QED) is 0.794. The molecule has 2 rings (SSSR count). The summed E-state index contributed by atoms with van der Waals surface area (Å²) in [7, 11) is 0. The molecule has 0 N–H and O–H groups in total. The second-order valence-electron chi connectivity index (χ2n) is 3.39.